The number of aromatic nitrogens is 2. The number of nitrogens with zero attached hydrogens (tertiary/aromatic N) is 2. The molecule has 2 aromatic carbocycles. The van der Waals surface area contributed by atoms with Crippen molar-refractivity contribution in [2.45, 2.75) is 38.6 Å². The maximum Gasteiger partial charge on any atom is 0.276 e. The third-order valence-corrected chi connectivity index (χ3v) is 5.82. The van der Waals surface area contributed by atoms with Gasteiger partial charge in [0.15, 0.2) is 11.4 Å². The zero-order valence-corrected chi connectivity index (χ0v) is 18.8. The molecule has 1 aliphatic rings. The largest absolute Gasteiger partial charge is 0.493 e. The van der Waals surface area contributed by atoms with Crippen LogP contribution >= 0.6 is 0 Å². The highest BCUT2D eigenvalue weighted by molar-refractivity contribution is 6.09. The summed E-state index contributed by atoms with van der Waals surface area (Å²) in [4.78, 5) is 33.5. The number of hydrogen-bond donors (Lipinski definition) is 2. The van der Waals surface area contributed by atoms with Gasteiger partial charge in [-0.2, -0.15) is 0 Å². The van der Waals surface area contributed by atoms with E-state index in [2.05, 4.69) is 20.6 Å². The summed E-state index contributed by atoms with van der Waals surface area (Å²) in [5.41, 5.74) is 1.10. The van der Waals surface area contributed by atoms with E-state index in [4.69, 9.17) is 4.74 Å². The lowest BCUT2D eigenvalue weighted by Gasteiger charge is -2.21. The van der Waals surface area contributed by atoms with Crippen LogP contribution in [0.25, 0.3) is 0 Å². The quantitative estimate of drug-likeness (QED) is 0.504. The minimum atomic E-state index is -0.547. The van der Waals surface area contributed by atoms with Crippen LogP contribution in [0.4, 0.5) is 10.1 Å². The zero-order chi connectivity index (χ0) is 23.8. The number of rotatable bonds is 8. The Morgan fingerprint density at radius 2 is 1.53 bits per heavy atom. The number of carbonyl (C=O) groups excluding carboxylic acids is 2. The molecule has 1 aromatic heterocycles. The van der Waals surface area contributed by atoms with Gasteiger partial charge in [-0.15, -0.1) is 0 Å². The van der Waals surface area contributed by atoms with Crippen molar-refractivity contribution < 1.29 is 18.7 Å². The molecule has 0 atom stereocenters. The lowest BCUT2D eigenvalue weighted by molar-refractivity contribution is 0.0931. The number of amides is 2. The molecule has 0 aliphatic heterocycles. The summed E-state index contributed by atoms with van der Waals surface area (Å²) in [6.45, 7) is 0.876. The molecule has 3 aromatic rings. The molecule has 2 amide bonds. The molecule has 0 saturated heterocycles. The standard InChI is InChI=1S/C26H27FN4O3/c27-20-8-6-18(7-9-20)16-30-25(32)23-24(29-15-14-28-23)26(33)31-21-10-12-22(13-11-21)34-17-19-4-2-1-3-5-19/h6-15,19H,1-5,16-17H2,(H,30,32)(H,31,33). The zero-order valence-electron chi connectivity index (χ0n) is 18.8. The van der Waals surface area contributed by atoms with Gasteiger partial charge >= 0.3 is 0 Å². The van der Waals surface area contributed by atoms with E-state index in [0.717, 1.165) is 11.3 Å². The van der Waals surface area contributed by atoms with E-state index in [1.165, 1.54) is 56.6 Å². The van der Waals surface area contributed by atoms with Crippen molar-refractivity contribution in [2.24, 2.45) is 5.92 Å². The minimum Gasteiger partial charge on any atom is -0.493 e. The van der Waals surface area contributed by atoms with E-state index in [-0.39, 0.29) is 23.7 Å². The lowest BCUT2D eigenvalue weighted by Crippen LogP contribution is -2.28. The first kappa shape index (κ1) is 23.4. The molecule has 2 N–H and O–H groups in total. The van der Waals surface area contributed by atoms with Crippen LogP contribution in [0.3, 0.4) is 0 Å². The van der Waals surface area contributed by atoms with E-state index in [0.29, 0.717) is 18.2 Å². The van der Waals surface area contributed by atoms with Crippen LogP contribution in [0.1, 0.15) is 58.6 Å². The Labute approximate surface area is 197 Å². The number of hydrogen-bond acceptors (Lipinski definition) is 5. The van der Waals surface area contributed by atoms with Crippen LogP contribution < -0.4 is 15.4 Å². The topological polar surface area (TPSA) is 93.2 Å². The molecule has 1 saturated carbocycles. The summed E-state index contributed by atoms with van der Waals surface area (Å²) in [5, 5.41) is 5.43. The van der Waals surface area contributed by atoms with Crippen molar-refractivity contribution in [1.82, 2.24) is 15.3 Å². The van der Waals surface area contributed by atoms with E-state index in [9.17, 15) is 14.0 Å². The summed E-state index contributed by atoms with van der Waals surface area (Å²) in [6.07, 6.45) is 8.99. The Bertz CT molecular complexity index is 1110. The maximum atomic E-state index is 13.1. The Balaban J connectivity index is 1.34. The predicted octanol–water partition coefficient (Wildman–Crippen LogP) is 4.76. The van der Waals surface area contributed by atoms with Gasteiger partial charge in [-0.1, -0.05) is 31.4 Å². The highest BCUT2D eigenvalue weighted by Crippen LogP contribution is 2.25. The monoisotopic (exact) mass is 462 g/mol. The molecule has 0 unspecified atom stereocenters. The van der Waals surface area contributed by atoms with E-state index >= 15 is 0 Å². The molecule has 8 heteroatoms. The van der Waals surface area contributed by atoms with Gasteiger partial charge < -0.3 is 15.4 Å². The summed E-state index contributed by atoms with van der Waals surface area (Å²) in [6, 6.07) is 12.9. The molecule has 1 fully saturated rings. The van der Waals surface area contributed by atoms with Gasteiger partial charge in [0.1, 0.15) is 11.6 Å². The molecular formula is C26H27FN4O3. The second-order valence-corrected chi connectivity index (χ2v) is 8.36. The normalized spacial score (nSPS) is 13.8. The number of nitrogens with one attached hydrogen (secondary N) is 2. The van der Waals surface area contributed by atoms with Crippen LogP contribution in [-0.4, -0.2) is 28.4 Å². The van der Waals surface area contributed by atoms with E-state index in [1.54, 1.807) is 24.3 Å². The maximum absolute atomic E-state index is 13.1. The molecular weight excluding hydrogens is 435 g/mol. The number of halogens is 1. The highest BCUT2D eigenvalue weighted by Gasteiger charge is 2.20. The fourth-order valence-electron chi connectivity index (χ4n) is 3.93. The average Bonchev–Trinajstić information content (AvgIpc) is 2.88. The summed E-state index contributed by atoms with van der Waals surface area (Å²) < 4.78 is 19.0. The SMILES string of the molecule is O=C(NCc1ccc(F)cc1)c1nccnc1C(=O)Nc1ccc(OCC2CCCCC2)cc1. The Morgan fingerprint density at radius 1 is 0.882 bits per heavy atom. The first-order chi connectivity index (χ1) is 16.6. The van der Waals surface area contributed by atoms with Crippen molar-refractivity contribution in [3.05, 3.63) is 83.7 Å². The lowest BCUT2D eigenvalue weighted by atomic mass is 9.90. The molecule has 1 heterocycles. The van der Waals surface area contributed by atoms with Crippen molar-refractivity contribution >= 4 is 17.5 Å². The van der Waals surface area contributed by atoms with Gasteiger partial charge in [0.25, 0.3) is 11.8 Å². The van der Waals surface area contributed by atoms with Crippen LogP contribution in [0.2, 0.25) is 0 Å². The summed E-state index contributed by atoms with van der Waals surface area (Å²) >= 11 is 0. The second kappa shape index (κ2) is 11.4. The van der Waals surface area contributed by atoms with Crippen LogP contribution in [-0.2, 0) is 6.54 Å². The number of carbonyl (C=O) groups is 2. The first-order valence-corrected chi connectivity index (χ1v) is 11.5. The van der Waals surface area contributed by atoms with Crippen LogP contribution in [0.15, 0.2) is 60.9 Å². The van der Waals surface area contributed by atoms with Crippen molar-refractivity contribution in [1.29, 1.82) is 0 Å². The predicted molar refractivity (Wildman–Crippen MR) is 126 cm³/mol. The fraction of sp³-hybridized carbons (Fsp3) is 0.308. The highest BCUT2D eigenvalue weighted by atomic mass is 19.1. The van der Waals surface area contributed by atoms with Crippen molar-refractivity contribution in [3.8, 4) is 5.75 Å². The third kappa shape index (κ3) is 6.37. The van der Waals surface area contributed by atoms with Crippen LogP contribution in [0, 0.1) is 11.7 Å². The van der Waals surface area contributed by atoms with Gasteiger partial charge in [-0.25, -0.2) is 14.4 Å². The number of anilines is 1. The first-order valence-electron chi connectivity index (χ1n) is 11.5. The molecule has 0 radical (unpaired) electrons. The van der Waals surface area contributed by atoms with Crippen molar-refractivity contribution in [3.63, 3.8) is 0 Å². The molecule has 1 aliphatic carbocycles. The van der Waals surface area contributed by atoms with Gasteiger partial charge in [0, 0.05) is 24.6 Å². The average molecular weight is 463 g/mol. The Kier molecular flexibility index (Phi) is 7.80. The van der Waals surface area contributed by atoms with E-state index in [1.807, 2.05) is 12.1 Å². The van der Waals surface area contributed by atoms with Crippen LogP contribution in [0.5, 0.6) is 5.75 Å². The van der Waals surface area contributed by atoms with Gasteiger partial charge in [0.05, 0.1) is 6.61 Å². The molecule has 7 nitrogen and oxygen atoms in total. The Morgan fingerprint density at radius 3 is 2.21 bits per heavy atom. The summed E-state index contributed by atoms with van der Waals surface area (Å²) in [5.74, 6) is -0.0851. The molecule has 0 spiro atoms. The molecule has 4 rings (SSSR count). The van der Waals surface area contributed by atoms with Gasteiger partial charge in [0.2, 0.25) is 0 Å². The van der Waals surface area contributed by atoms with Gasteiger partial charge in [-0.3, -0.25) is 9.59 Å². The molecule has 34 heavy (non-hydrogen) atoms. The summed E-state index contributed by atoms with van der Waals surface area (Å²) in [7, 11) is 0. The number of benzene rings is 2. The molecule has 0 bridgehead atoms. The molecule has 176 valence electrons. The Hall–Kier alpha value is -3.81. The fourth-order valence-corrected chi connectivity index (χ4v) is 3.93. The second-order valence-electron chi connectivity index (χ2n) is 8.36. The third-order valence-electron chi connectivity index (χ3n) is 5.82. The minimum absolute atomic E-state index is 0.0864. The van der Waals surface area contributed by atoms with E-state index < -0.39 is 11.8 Å². The number of ether oxygens (including phenoxy) is 1. The van der Waals surface area contributed by atoms with Crippen molar-refractivity contribution in [2.75, 3.05) is 11.9 Å². The van der Waals surface area contributed by atoms with Gasteiger partial charge in [-0.05, 0) is 60.7 Å². The smallest absolute Gasteiger partial charge is 0.276 e.